The molecule has 5 nitrogen and oxygen atoms in total. The largest absolute Gasteiger partial charge is 0.422 e. The molecule has 1 N–H and O–H groups in total. The molecule has 0 aliphatic heterocycles. The molecule has 1 aromatic heterocycles. The third-order valence-corrected chi connectivity index (χ3v) is 3.53. The molecule has 0 spiro atoms. The number of amides is 1. The highest BCUT2D eigenvalue weighted by atomic mass is 16.4. The molecule has 5 heteroatoms. The number of aryl methyl sites for hydroxylation is 1. The van der Waals surface area contributed by atoms with Crippen molar-refractivity contribution in [2.24, 2.45) is 0 Å². The van der Waals surface area contributed by atoms with Crippen LogP contribution in [0.25, 0.3) is 11.0 Å². The van der Waals surface area contributed by atoms with Gasteiger partial charge in [-0.3, -0.25) is 4.79 Å². The quantitative estimate of drug-likeness (QED) is 0.880. The van der Waals surface area contributed by atoms with Crippen molar-refractivity contribution in [3.8, 4) is 0 Å². The molecule has 2 rings (SSSR count). The van der Waals surface area contributed by atoms with Crippen LogP contribution >= 0.6 is 0 Å². The van der Waals surface area contributed by atoms with Crippen molar-refractivity contribution in [2.75, 3.05) is 13.1 Å². The number of carbonyl (C=O) groups is 1. The SMILES string of the molecule is CCN(CC(C)(C)O)C(=O)c1c(C)c2ccccc2oc1=O. The Balaban J connectivity index is 2.54. The van der Waals surface area contributed by atoms with E-state index in [4.69, 9.17) is 4.42 Å². The summed E-state index contributed by atoms with van der Waals surface area (Å²) in [5.41, 5.74) is -0.574. The van der Waals surface area contributed by atoms with Crippen LogP contribution in [-0.2, 0) is 0 Å². The van der Waals surface area contributed by atoms with Crippen LogP contribution in [0.2, 0.25) is 0 Å². The van der Waals surface area contributed by atoms with Crippen molar-refractivity contribution in [3.05, 3.63) is 45.8 Å². The first-order valence-corrected chi connectivity index (χ1v) is 7.28. The molecule has 1 amide bonds. The maximum atomic E-state index is 12.7. The van der Waals surface area contributed by atoms with E-state index in [0.29, 0.717) is 17.7 Å². The van der Waals surface area contributed by atoms with E-state index in [1.165, 1.54) is 4.90 Å². The van der Waals surface area contributed by atoms with Crippen molar-refractivity contribution in [1.29, 1.82) is 0 Å². The van der Waals surface area contributed by atoms with E-state index in [2.05, 4.69) is 0 Å². The molecule has 0 aliphatic rings. The molecule has 0 saturated heterocycles. The van der Waals surface area contributed by atoms with Crippen LogP contribution < -0.4 is 5.63 Å². The molecule has 2 aromatic rings. The molecule has 0 aliphatic carbocycles. The Hall–Kier alpha value is -2.14. The van der Waals surface area contributed by atoms with E-state index in [0.717, 1.165) is 5.39 Å². The number of likely N-dealkylation sites (N-methyl/N-ethyl adjacent to an activating group) is 1. The zero-order chi connectivity index (χ0) is 16.5. The average molecular weight is 303 g/mol. The van der Waals surface area contributed by atoms with Crippen LogP contribution in [-0.4, -0.2) is 34.6 Å². The zero-order valence-corrected chi connectivity index (χ0v) is 13.3. The first-order chi connectivity index (χ1) is 10.2. The standard InChI is InChI=1S/C17H21NO4/c1-5-18(10-17(3,4)21)15(19)14-11(2)12-8-6-7-9-13(12)22-16(14)20/h6-9,21H,5,10H2,1-4H3. The Bertz CT molecular complexity index is 755. The highest BCUT2D eigenvalue weighted by Gasteiger charge is 2.26. The molecule has 0 atom stereocenters. The first kappa shape index (κ1) is 16.2. The lowest BCUT2D eigenvalue weighted by atomic mass is 10.0. The van der Waals surface area contributed by atoms with Crippen molar-refractivity contribution in [2.45, 2.75) is 33.3 Å². The second kappa shape index (κ2) is 5.93. The summed E-state index contributed by atoms with van der Waals surface area (Å²) in [6, 6.07) is 7.12. The number of nitrogens with zero attached hydrogens (tertiary/aromatic N) is 1. The Morgan fingerprint density at radius 1 is 1.32 bits per heavy atom. The number of benzene rings is 1. The highest BCUT2D eigenvalue weighted by Crippen LogP contribution is 2.20. The highest BCUT2D eigenvalue weighted by molar-refractivity contribution is 5.99. The summed E-state index contributed by atoms with van der Waals surface area (Å²) in [6.07, 6.45) is 0. The van der Waals surface area contributed by atoms with Gasteiger partial charge in [-0.1, -0.05) is 18.2 Å². The molecule has 0 fully saturated rings. The summed E-state index contributed by atoms with van der Waals surface area (Å²) < 4.78 is 5.25. The van der Waals surface area contributed by atoms with Gasteiger partial charge in [-0.15, -0.1) is 0 Å². The second-order valence-corrected chi connectivity index (χ2v) is 6.02. The van der Waals surface area contributed by atoms with E-state index in [1.54, 1.807) is 32.9 Å². The van der Waals surface area contributed by atoms with Crippen molar-refractivity contribution in [1.82, 2.24) is 4.90 Å². The van der Waals surface area contributed by atoms with Gasteiger partial charge in [0.05, 0.1) is 5.60 Å². The van der Waals surface area contributed by atoms with Gasteiger partial charge in [0.15, 0.2) is 0 Å². The molecule has 0 radical (unpaired) electrons. The van der Waals surface area contributed by atoms with Gasteiger partial charge in [0.1, 0.15) is 11.1 Å². The lowest BCUT2D eigenvalue weighted by molar-refractivity contribution is 0.0312. The molecule has 0 saturated carbocycles. The Morgan fingerprint density at radius 3 is 2.55 bits per heavy atom. The van der Waals surface area contributed by atoms with Gasteiger partial charge in [-0.2, -0.15) is 0 Å². The number of aliphatic hydroxyl groups is 1. The second-order valence-electron chi connectivity index (χ2n) is 6.02. The summed E-state index contributed by atoms with van der Waals surface area (Å²) in [5, 5.41) is 10.7. The van der Waals surface area contributed by atoms with Gasteiger partial charge in [0, 0.05) is 18.5 Å². The minimum absolute atomic E-state index is 0.0322. The lowest BCUT2D eigenvalue weighted by Crippen LogP contribution is -2.43. The van der Waals surface area contributed by atoms with E-state index >= 15 is 0 Å². The van der Waals surface area contributed by atoms with Gasteiger partial charge in [0.2, 0.25) is 0 Å². The van der Waals surface area contributed by atoms with Crippen molar-refractivity contribution in [3.63, 3.8) is 0 Å². The van der Waals surface area contributed by atoms with E-state index in [1.807, 2.05) is 19.1 Å². The number of carbonyl (C=O) groups excluding carboxylic acids is 1. The summed E-state index contributed by atoms with van der Waals surface area (Å²) in [6.45, 7) is 7.34. The first-order valence-electron chi connectivity index (χ1n) is 7.28. The van der Waals surface area contributed by atoms with Gasteiger partial charge in [-0.05, 0) is 39.3 Å². The normalized spacial score (nSPS) is 11.7. The van der Waals surface area contributed by atoms with Crippen LogP contribution in [0.1, 0.15) is 36.7 Å². The topological polar surface area (TPSA) is 70.8 Å². The van der Waals surface area contributed by atoms with Crippen LogP contribution in [0.5, 0.6) is 0 Å². The molecule has 118 valence electrons. The molecule has 0 bridgehead atoms. The van der Waals surface area contributed by atoms with Gasteiger partial charge in [0.25, 0.3) is 5.91 Å². The molecule has 1 heterocycles. The number of hydrogen-bond donors (Lipinski definition) is 1. The van der Waals surface area contributed by atoms with Gasteiger partial charge in [-0.25, -0.2) is 4.79 Å². The smallest absolute Gasteiger partial charge is 0.349 e. The van der Waals surface area contributed by atoms with Crippen LogP contribution in [0.15, 0.2) is 33.5 Å². The Labute approximate surface area is 129 Å². The average Bonchev–Trinajstić information content (AvgIpc) is 2.43. The molecular formula is C17H21NO4. The summed E-state index contributed by atoms with van der Waals surface area (Å²) >= 11 is 0. The number of hydrogen-bond acceptors (Lipinski definition) is 4. The minimum Gasteiger partial charge on any atom is -0.422 e. The fourth-order valence-corrected chi connectivity index (χ4v) is 2.50. The number of rotatable bonds is 4. The number of fused-ring (bicyclic) bond motifs is 1. The predicted octanol–water partition coefficient (Wildman–Crippen LogP) is 2.33. The Kier molecular flexibility index (Phi) is 4.37. The fourth-order valence-electron chi connectivity index (χ4n) is 2.50. The molecule has 22 heavy (non-hydrogen) atoms. The predicted molar refractivity (Wildman–Crippen MR) is 85.1 cm³/mol. The van der Waals surface area contributed by atoms with Crippen LogP contribution in [0, 0.1) is 6.92 Å². The Morgan fingerprint density at radius 2 is 1.95 bits per heavy atom. The summed E-state index contributed by atoms with van der Waals surface area (Å²) in [7, 11) is 0. The van der Waals surface area contributed by atoms with Crippen LogP contribution in [0.4, 0.5) is 0 Å². The van der Waals surface area contributed by atoms with Crippen molar-refractivity contribution >= 4 is 16.9 Å². The van der Waals surface area contributed by atoms with Crippen LogP contribution in [0.3, 0.4) is 0 Å². The van der Waals surface area contributed by atoms with E-state index in [9.17, 15) is 14.7 Å². The van der Waals surface area contributed by atoms with E-state index in [-0.39, 0.29) is 12.1 Å². The molecular weight excluding hydrogens is 282 g/mol. The van der Waals surface area contributed by atoms with Crippen molar-refractivity contribution < 1.29 is 14.3 Å². The lowest BCUT2D eigenvalue weighted by Gasteiger charge is -2.28. The summed E-state index contributed by atoms with van der Waals surface area (Å²) in [4.78, 5) is 26.4. The monoisotopic (exact) mass is 303 g/mol. The maximum absolute atomic E-state index is 12.7. The van der Waals surface area contributed by atoms with Gasteiger partial charge >= 0.3 is 5.63 Å². The maximum Gasteiger partial charge on any atom is 0.349 e. The van der Waals surface area contributed by atoms with Gasteiger partial charge < -0.3 is 14.4 Å². The fraction of sp³-hybridized carbons (Fsp3) is 0.412. The third-order valence-electron chi connectivity index (χ3n) is 3.53. The summed E-state index contributed by atoms with van der Waals surface area (Å²) in [5.74, 6) is -0.415. The van der Waals surface area contributed by atoms with E-state index < -0.39 is 17.1 Å². The molecule has 1 aromatic carbocycles. The molecule has 0 unspecified atom stereocenters. The number of para-hydroxylation sites is 1. The zero-order valence-electron chi connectivity index (χ0n) is 13.3. The third kappa shape index (κ3) is 3.20. The minimum atomic E-state index is -1.03.